The summed E-state index contributed by atoms with van der Waals surface area (Å²) in [6, 6.07) is 0. The van der Waals surface area contributed by atoms with E-state index >= 15 is 0 Å². The van der Waals surface area contributed by atoms with E-state index in [1.54, 1.807) is 0 Å². The van der Waals surface area contributed by atoms with Gasteiger partial charge in [-0.15, -0.1) is 0 Å². The summed E-state index contributed by atoms with van der Waals surface area (Å²) in [5, 5.41) is 36.6. The molecule has 4 atom stereocenters. The first-order chi connectivity index (χ1) is 7.19. The maximum atomic E-state index is 10.1. The summed E-state index contributed by atoms with van der Waals surface area (Å²) in [5.41, 5.74) is 0. The number of aliphatic hydroxyl groups is 4. The Balaban J connectivity index is 2.61. The maximum Gasteiger partial charge on any atom is 0.219 e. The molecule has 0 amide bonds. The lowest BCUT2D eigenvalue weighted by molar-refractivity contribution is -0.344. The minimum Gasteiger partial charge on any atom is -0.790 e. The molecule has 4 N–H and O–H groups in total. The Labute approximate surface area is 90.1 Å². The Bertz CT molecular complexity index is 290. The molecule has 1 fully saturated rings. The molecule has 0 bridgehead atoms. The van der Waals surface area contributed by atoms with Crippen LogP contribution in [0.25, 0.3) is 0 Å². The van der Waals surface area contributed by atoms with Crippen LogP contribution in [0.5, 0.6) is 0 Å². The summed E-state index contributed by atoms with van der Waals surface area (Å²) in [7, 11) is -5.23. The molecule has 1 aliphatic rings. The van der Waals surface area contributed by atoms with Gasteiger partial charge >= 0.3 is 0 Å². The minimum atomic E-state index is -5.23. The number of aliphatic hydroxyl groups excluding tert-OH is 3. The van der Waals surface area contributed by atoms with Crippen molar-refractivity contribution in [3.63, 3.8) is 0 Å². The zero-order valence-electron chi connectivity index (χ0n) is 7.92. The van der Waals surface area contributed by atoms with Gasteiger partial charge in [-0.2, -0.15) is 0 Å². The molecule has 9 nitrogen and oxygen atoms in total. The van der Waals surface area contributed by atoms with E-state index in [1.807, 2.05) is 0 Å². The topological polar surface area (TPSA) is 163 Å². The van der Waals surface area contributed by atoms with E-state index in [4.69, 9.17) is 5.11 Å². The molecule has 1 unspecified atom stereocenters. The SMILES string of the molecule is O=P([O-])([O-])OC[C@H]1OC(O)(CO)[C@@H](O)[C@@H]1O. The van der Waals surface area contributed by atoms with Gasteiger partial charge in [0.25, 0.3) is 0 Å². The molecule has 0 aromatic heterocycles. The molecule has 0 radical (unpaired) electrons. The van der Waals surface area contributed by atoms with Gasteiger partial charge < -0.3 is 44.0 Å². The lowest BCUT2D eigenvalue weighted by Gasteiger charge is -2.30. The van der Waals surface area contributed by atoms with E-state index in [0.717, 1.165) is 0 Å². The van der Waals surface area contributed by atoms with Crippen LogP contribution in [0.4, 0.5) is 0 Å². The highest BCUT2D eigenvalue weighted by molar-refractivity contribution is 7.43. The molecule has 0 aliphatic carbocycles. The van der Waals surface area contributed by atoms with Gasteiger partial charge in [-0.3, -0.25) is 0 Å². The number of phosphoric acid groups is 1. The van der Waals surface area contributed by atoms with E-state index in [1.165, 1.54) is 0 Å². The van der Waals surface area contributed by atoms with E-state index in [-0.39, 0.29) is 0 Å². The minimum absolute atomic E-state index is 0.856. The van der Waals surface area contributed by atoms with Crippen LogP contribution in [-0.4, -0.2) is 57.7 Å². The zero-order valence-corrected chi connectivity index (χ0v) is 8.82. The number of hydrogen-bond acceptors (Lipinski definition) is 9. The molecule has 1 aliphatic heterocycles. The lowest BCUT2D eigenvalue weighted by Crippen LogP contribution is -2.46. The largest absolute Gasteiger partial charge is 0.790 e. The molecule has 1 heterocycles. The van der Waals surface area contributed by atoms with Crippen molar-refractivity contribution in [3.05, 3.63) is 0 Å². The first-order valence-corrected chi connectivity index (χ1v) is 5.69. The fourth-order valence-electron chi connectivity index (χ4n) is 1.30. The van der Waals surface area contributed by atoms with Gasteiger partial charge in [0.15, 0.2) is 0 Å². The normalized spacial score (nSPS) is 40.2. The van der Waals surface area contributed by atoms with E-state index in [2.05, 4.69) is 9.26 Å². The highest BCUT2D eigenvalue weighted by Crippen LogP contribution is 2.32. The number of hydrogen-bond donors (Lipinski definition) is 4. The van der Waals surface area contributed by atoms with Gasteiger partial charge in [0.2, 0.25) is 5.79 Å². The summed E-state index contributed by atoms with van der Waals surface area (Å²) in [6.07, 6.45) is -4.93. The summed E-state index contributed by atoms with van der Waals surface area (Å²) in [5.74, 6) is -2.40. The Morgan fingerprint density at radius 3 is 2.38 bits per heavy atom. The molecular formula is C6H11O9P-2. The Kier molecular flexibility index (Phi) is 4.06. The summed E-state index contributed by atoms with van der Waals surface area (Å²) < 4.78 is 18.6. The monoisotopic (exact) mass is 258 g/mol. The van der Waals surface area contributed by atoms with Crippen LogP contribution >= 0.6 is 7.82 Å². The van der Waals surface area contributed by atoms with Crippen molar-refractivity contribution in [2.75, 3.05) is 13.2 Å². The summed E-state index contributed by atoms with van der Waals surface area (Å²) >= 11 is 0. The summed E-state index contributed by atoms with van der Waals surface area (Å²) in [4.78, 5) is 20.3. The van der Waals surface area contributed by atoms with Gasteiger partial charge in [0.05, 0.1) is 21.0 Å². The number of rotatable bonds is 4. The quantitative estimate of drug-likeness (QED) is 0.365. The molecule has 96 valence electrons. The zero-order chi connectivity index (χ0) is 12.6. The van der Waals surface area contributed by atoms with Crippen LogP contribution in [0.2, 0.25) is 0 Å². The average Bonchev–Trinajstić information content (AvgIpc) is 2.40. The number of phosphoric ester groups is 1. The smallest absolute Gasteiger partial charge is 0.219 e. The maximum absolute atomic E-state index is 10.1. The molecule has 0 aromatic carbocycles. The predicted molar refractivity (Wildman–Crippen MR) is 42.5 cm³/mol. The van der Waals surface area contributed by atoms with Crippen molar-refractivity contribution in [2.24, 2.45) is 0 Å². The Hall–Kier alpha value is -0.0900. The fraction of sp³-hybridized carbons (Fsp3) is 1.00. The van der Waals surface area contributed by atoms with Crippen LogP contribution in [0.3, 0.4) is 0 Å². The van der Waals surface area contributed by atoms with E-state index in [9.17, 15) is 29.7 Å². The first kappa shape index (κ1) is 14.0. The van der Waals surface area contributed by atoms with Gasteiger partial charge in [-0.25, -0.2) is 0 Å². The second-order valence-corrected chi connectivity index (χ2v) is 4.49. The summed E-state index contributed by atoms with van der Waals surface area (Å²) in [6.45, 7) is -1.86. The van der Waals surface area contributed by atoms with Gasteiger partial charge in [0, 0.05) is 0 Å². The highest BCUT2D eigenvalue weighted by atomic mass is 31.2. The second kappa shape index (κ2) is 4.65. The third-order valence-electron chi connectivity index (χ3n) is 2.15. The van der Waals surface area contributed by atoms with Crippen molar-refractivity contribution in [3.8, 4) is 0 Å². The van der Waals surface area contributed by atoms with Crippen LogP contribution in [0.1, 0.15) is 0 Å². The second-order valence-electron chi connectivity index (χ2n) is 3.34. The Morgan fingerprint density at radius 1 is 1.44 bits per heavy atom. The predicted octanol–water partition coefficient (Wildman–Crippen LogP) is -4.37. The van der Waals surface area contributed by atoms with Crippen LogP contribution in [0.15, 0.2) is 0 Å². The van der Waals surface area contributed by atoms with Gasteiger partial charge in [-0.05, 0) is 0 Å². The standard InChI is InChI=1S/C6H13O9P/c7-2-6(10)5(9)4(8)3(15-6)1-14-16(11,12)13/h3-5,7-10H,1-2H2,(H2,11,12,13)/p-2/t3-,4-,5+,6?/m1/s1. The fourth-order valence-corrected chi connectivity index (χ4v) is 1.63. The molecule has 0 saturated carbocycles. The van der Waals surface area contributed by atoms with Crippen molar-refractivity contribution in [2.45, 2.75) is 24.1 Å². The third-order valence-corrected chi connectivity index (χ3v) is 2.61. The van der Waals surface area contributed by atoms with Crippen molar-refractivity contribution < 1.29 is 44.0 Å². The van der Waals surface area contributed by atoms with E-state index < -0.39 is 45.1 Å². The average molecular weight is 258 g/mol. The van der Waals surface area contributed by atoms with Crippen LogP contribution < -0.4 is 9.79 Å². The molecule has 1 rings (SSSR count). The third kappa shape index (κ3) is 2.98. The highest BCUT2D eigenvalue weighted by Gasteiger charge is 2.53. The first-order valence-electron chi connectivity index (χ1n) is 4.23. The molecule has 1 saturated heterocycles. The Morgan fingerprint density at radius 2 is 2.00 bits per heavy atom. The lowest BCUT2D eigenvalue weighted by atomic mass is 10.1. The van der Waals surface area contributed by atoms with E-state index in [0.29, 0.717) is 0 Å². The molecule has 16 heavy (non-hydrogen) atoms. The molecular weight excluding hydrogens is 247 g/mol. The van der Waals surface area contributed by atoms with Crippen molar-refractivity contribution in [1.82, 2.24) is 0 Å². The molecule has 0 aromatic rings. The van der Waals surface area contributed by atoms with Crippen LogP contribution in [-0.2, 0) is 13.8 Å². The van der Waals surface area contributed by atoms with Crippen molar-refractivity contribution in [1.29, 1.82) is 0 Å². The number of ether oxygens (including phenoxy) is 1. The molecule has 0 spiro atoms. The molecule has 10 heteroatoms. The van der Waals surface area contributed by atoms with Gasteiger partial charge in [0.1, 0.15) is 18.3 Å². The van der Waals surface area contributed by atoms with Crippen LogP contribution in [0, 0.1) is 0 Å². The van der Waals surface area contributed by atoms with Gasteiger partial charge in [-0.1, -0.05) is 0 Å². The van der Waals surface area contributed by atoms with Crippen molar-refractivity contribution >= 4 is 7.82 Å².